The number of ether oxygens (including phenoxy) is 2. The van der Waals surface area contributed by atoms with Crippen molar-refractivity contribution in [1.82, 2.24) is 9.88 Å². The van der Waals surface area contributed by atoms with Crippen LogP contribution in [0.1, 0.15) is 53.9 Å². The monoisotopic (exact) mass is 530 g/mol. The van der Waals surface area contributed by atoms with Gasteiger partial charge in [-0.15, -0.1) is 0 Å². The van der Waals surface area contributed by atoms with Gasteiger partial charge in [-0.2, -0.15) is 0 Å². The minimum atomic E-state index is -0.119. The Balaban J connectivity index is 1.24. The number of aromatic nitrogens is 1. The molecule has 2 heterocycles. The van der Waals surface area contributed by atoms with Crippen LogP contribution in [0.2, 0.25) is 0 Å². The van der Waals surface area contributed by atoms with E-state index in [-0.39, 0.29) is 24.5 Å². The van der Waals surface area contributed by atoms with Crippen molar-refractivity contribution in [2.45, 2.75) is 38.1 Å². The van der Waals surface area contributed by atoms with Crippen LogP contribution in [0.4, 0.5) is 0 Å². The fourth-order valence-corrected chi connectivity index (χ4v) is 5.86. The number of nitrogens with one attached hydrogen (secondary N) is 1. The van der Waals surface area contributed by atoms with Gasteiger partial charge in [0.1, 0.15) is 0 Å². The lowest BCUT2D eigenvalue weighted by molar-refractivity contribution is -0.121. The van der Waals surface area contributed by atoms with Gasteiger partial charge in [0.15, 0.2) is 11.5 Å². The number of aryl methyl sites for hydroxylation is 1. The first-order valence-electron chi connectivity index (χ1n) is 14.0. The summed E-state index contributed by atoms with van der Waals surface area (Å²) in [6.07, 6.45) is 3.37. The maximum atomic E-state index is 13.5. The molecular formula is C35H34N2O3. The molecule has 1 amide bonds. The molecule has 1 aliphatic rings. The molecule has 4 aromatic carbocycles. The topological polar surface area (TPSA) is 52.5 Å². The minimum Gasteiger partial charge on any atom is -0.454 e. The van der Waals surface area contributed by atoms with Crippen molar-refractivity contribution >= 4 is 16.8 Å². The van der Waals surface area contributed by atoms with Gasteiger partial charge in [0.25, 0.3) is 0 Å². The number of benzene rings is 4. The Morgan fingerprint density at radius 3 is 2.20 bits per heavy atom. The molecule has 0 unspecified atom stereocenters. The highest BCUT2D eigenvalue weighted by atomic mass is 16.7. The molecule has 40 heavy (non-hydrogen) atoms. The van der Waals surface area contributed by atoms with Crippen LogP contribution in [-0.2, 0) is 11.3 Å². The number of para-hydroxylation sites is 1. The minimum absolute atomic E-state index is 0.0378. The summed E-state index contributed by atoms with van der Waals surface area (Å²) in [4.78, 5) is 13.5. The number of carbonyl (C=O) groups excluding carboxylic acids is 1. The highest BCUT2D eigenvalue weighted by Crippen LogP contribution is 2.40. The number of fused-ring (bicyclic) bond motifs is 2. The fourth-order valence-electron chi connectivity index (χ4n) is 5.86. The molecule has 5 aromatic rings. The van der Waals surface area contributed by atoms with Gasteiger partial charge < -0.3 is 19.4 Å². The summed E-state index contributed by atoms with van der Waals surface area (Å²) < 4.78 is 13.5. The lowest BCUT2D eigenvalue weighted by Gasteiger charge is -2.20. The highest BCUT2D eigenvalue weighted by Gasteiger charge is 2.25. The quantitative estimate of drug-likeness (QED) is 0.207. The summed E-state index contributed by atoms with van der Waals surface area (Å²) in [7, 11) is 0. The van der Waals surface area contributed by atoms with Crippen molar-refractivity contribution < 1.29 is 14.3 Å². The Morgan fingerprint density at radius 2 is 1.48 bits per heavy atom. The Labute approximate surface area is 235 Å². The number of amides is 1. The van der Waals surface area contributed by atoms with E-state index in [1.165, 1.54) is 22.0 Å². The first-order chi connectivity index (χ1) is 19.7. The van der Waals surface area contributed by atoms with E-state index in [2.05, 4.69) is 102 Å². The molecule has 1 aromatic heterocycles. The Kier molecular flexibility index (Phi) is 7.53. The molecule has 5 heteroatoms. The van der Waals surface area contributed by atoms with Gasteiger partial charge in [-0.25, -0.2) is 0 Å². The molecule has 1 aliphatic heterocycles. The SMILES string of the molecule is CCn1cc([C@H](CC(=O)NCCC(c2ccccc2)c2ccccc2)c2ccc3c(c2)OCO3)c2ccccc21. The van der Waals surface area contributed by atoms with E-state index in [4.69, 9.17) is 9.47 Å². The summed E-state index contributed by atoms with van der Waals surface area (Å²) in [5.74, 6) is 1.61. The molecule has 0 saturated heterocycles. The van der Waals surface area contributed by atoms with Gasteiger partial charge in [-0.3, -0.25) is 4.79 Å². The predicted molar refractivity (Wildman–Crippen MR) is 159 cm³/mol. The van der Waals surface area contributed by atoms with Crippen molar-refractivity contribution in [2.75, 3.05) is 13.3 Å². The summed E-state index contributed by atoms with van der Waals surface area (Å²) in [6.45, 7) is 3.83. The summed E-state index contributed by atoms with van der Waals surface area (Å²) in [5, 5.41) is 4.42. The molecule has 5 nitrogen and oxygen atoms in total. The van der Waals surface area contributed by atoms with Crippen LogP contribution < -0.4 is 14.8 Å². The largest absolute Gasteiger partial charge is 0.454 e. The average Bonchev–Trinajstić information content (AvgIpc) is 3.63. The molecule has 202 valence electrons. The average molecular weight is 531 g/mol. The van der Waals surface area contributed by atoms with Crippen LogP contribution in [0.15, 0.2) is 109 Å². The Hall–Kier alpha value is -4.51. The second-order valence-corrected chi connectivity index (χ2v) is 10.3. The van der Waals surface area contributed by atoms with Gasteiger partial charge in [0.05, 0.1) is 0 Å². The van der Waals surface area contributed by atoms with Crippen molar-refractivity contribution in [1.29, 1.82) is 0 Å². The molecule has 0 spiro atoms. The van der Waals surface area contributed by atoms with Crippen molar-refractivity contribution in [3.8, 4) is 11.5 Å². The van der Waals surface area contributed by atoms with E-state index >= 15 is 0 Å². The maximum absolute atomic E-state index is 13.5. The second-order valence-electron chi connectivity index (χ2n) is 10.3. The Morgan fingerprint density at radius 1 is 0.800 bits per heavy atom. The summed E-state index contributed by atoms with van der Waals surface area (Å²) in [6, 6.07) is 35.5. The van der Waals surface area contributed by atoms with Crippen LogP contribution in [0, 0.1) is 0 Å². The predicted octanol–water partition coefficient (Wildman–Crippen LogP) is 7.25. The van der Waals surface area contributed by atoms with Gasteiger partial charge in [-0.05, 0) is 53.8 Å². The van der Waals surface area contributed by atoms with Gasteiger partial charge >= 0.3 is 0 Å². The molecule has 1 N–H and O–H groups in total. The number of nitrogens with zero attached hydrogens (tertiary/aromatic N) is 1. The van der Waals surface area contributed by atoms with E-state index in [0.717, 1.165) is 35.6 Å². The first kappa shape index (κ1) is 25.8. The third kappa shape index (κ3) is 5.32. The zero-order valence-corrected chi connectivity index (χ0v) is 22.8. The van der Waals surface area contributed by atoms with Gasteiger partial charge in [0.2, 0.25) is 12.7 Å². The molecule has 1 atom stereocenters. The molecule has 0 saturated carbocycles. The molecule has 0 radical (unpaired) electrons. The van der Waals surface area contributed by atoms with E-state index < -0.39 is 0 Å². The van der Waals surface area contributed by atoms with Crippen LogP contribution >= 0.6 is 0 Å². The molecular weight excluding hydrogens is 496 g/mol. The zero-order valence-electron chi connectivity index (χ0n) is 22.8. The van der Waals surface area contributed by atoms with Crippen LogP contribution in [0.5, 0.6) is 11.5 Å². The van der Waals surface area contributed by atoms with Crippen molar-refractivity contribution in [2.24, 2.45) is 0 Å². The number of hydrogen-bond donors (Lipinski definition) is 1. The summed E-state index contributed by atoms with van der Waals surface area (Å²) in [5.41, 5.74) is 5.89. The molecule has 0 aliphatic carbocycles. The number of hydrogen-bond acceptors (Lipinski definition) is 3. The Bertz CT molecular complexity index is 1550. The smallest absolute Gasteiger partial charge is 0.231 e. The van der Waals surface area contributed by atoms with Crippen LogP contribution in [-0.4, -0.2) is 23.8 Å². The second kappa shape index (κ2) is 11.7. The van der Waals surface area contributed by atoms with Gasteiger partial charge in [0, 0.05) is 48.4 Å². The third-order valence-corrected chi connectivity index (χ3v) is 7.88. The molecule has 6 rings (SSSR count). The first-order valence-corrected chi connectivity index (χ1v) is 14.0. The highest BCUT2D eigenvalue weighted by molar-refractivity contribution is 5.86. The van der Waals surface area contributed by atoms with Crippen molar-refractivity contribution in [3.63, 3.8) is 0 Å². The normalized spacial score (nSPS) is 13.1. The van der Waals surface area contributed by atoms with E-state index in [1.54, 1.807) is 0 Å². The molecule has 0 bridgehead atoms. The van der Waals surface area contributed by atoms with Crippen LogP contribution in [0.3, 0.4) is 0 Å². The lowest BCUT2D eigenvalue weighted by atomic mass is 9.87. The summed E-state index contributed by atoms with van der Waals surface area (Å²) >= 11 is 0. The van der Waals surface area contributed by atoms with E-state index in [1.807, 2.05) is 24.3 Å². The standard InChI is InChI=1S/C35H34N2O3/c1-2-37-23-31(29-15-9-10-16-32(29)37)30(27-17-18-33-34(21-27)40-24-39-33)22-35(38)36-20-19-28(25-11-5-3-6-12-25)26-13-7-4-8-14-26/h3-18,21,23,28,30H,2,19-20,22,24H2,1H3,(H,36,38)/t30-/m1/s1. The van der Waals surface area contributed by atoms with Gasteiger partial charge in [-0.1, -0.05) is 84.9 Å². The van der Waals surface area contributed by atoms with Crippen molar-refractivity contribution in [3.05, 3.63) is 132 Å². The van der Waals surface area contributed by atoms with Crippen LogP contribution in [0.25, 0.3) is 10.9 Å². The zero-order chi connectivity index (χ0) is 27.3. The number of carbonyl (C=O) groups is 1. The molecule has 0 fully saturated rings. The maximum Gasteiger partial charge on any atom is 0.231 e. The van der Waals surface area contributed by atoms with E-state index in [0.29, 0.717) is 13.0 Å². The number of rotatable bonds is 10. The fraction of sp³-hybridized carbons (Fsp3) is 0.229. The lowest BCUT2D eigenvalue weighted by Crippen LogP contribution is -2.27. The van der Waals surface area contributed by atoms with E-state index in [9.17, 15) is 4.79 Å². The third-order valence-electron chi connectivity index (χ3n) is 7.88.